The van der Waals surface area contributed by atoms with Crippen molar-refractivity contribution in [2.24, 2.45) is 11.7 Å². The Labute approximate surface area is 228 Å². The molecule has 0 fully saturated rings. The lowest BCUT2D eigenvalue weighted by molar-refractivity contribution is -0.143. The van der Waals surface area contributed by atoms with Gasteiger partial charge in [0.05, 0.1) is 31.9 Å². The Bertz CT molecular complexity index is 1120. The number of aliphatic carboxylic acids is 1. The number of carbonyl (C=O) groups is 5. The molecular formula is C23H35N9O8. The summed E-state index contributed by atoms with van der Waals surface area (Å²) in [6, 6.07) is -6.68. The van der Waals surface area contributed by atoms with E-state index in [1.807, 2.05) is 5.32 Å². The summed E-state index contributed by atoms with van der Waals surface area (Å²) < 4.78 is 0. The van der Waals surface area contributed by atoms with Crippen LogP contribution in [0.15, 0.2) is 25.0 Å². The minimum Gasteiger partial charge on any atom is -0.480 e. The fourth-order valence-electron chi connectivity index (χ4n) is 3.42. The lowest BCUT2D eigenvalue weighted by Gasteiger charge is -2.26. The number of aliphatic hydroxyl groups excluding tert-OH is 2. The molecule has 0 aromatic carbocycles. The van der Waals surface area contributed by atoms with Crippen LogP contribution in [0.4, 0.5) is 0 Å². The van der Waals surface area contributed by atoms with Crippen molar-refractivity contribution in [2.45, 2.75) is 56.9 Å². The average molecular weight is 566 g/mol. The van der Waals surface area contributed by atoms with E-state index in [0.29, 0.717) is 11.4 Å². The minimum absolute atomic E-state index is 0.0137. The molecule has 2 heterocycles. The number of hydrogen-bond donors (Lipinski definition) is 10. The monoisotopic (exact) mass is 565 g/mol. The summed E-state index contributed by atoms with van der Waals surface area (Å²) in [6.45, 7) is 1.65. The van der Waals surface area contributed by atoms with Crippen LogP contribution in [0.5, 0.6) is 0 Å². The van der Waals surface area contributed by atoms with E-state index in [1.165, 1.54) is 25.0 Å². The number of carboxylic acids is 1. The zero-order chi connectivity index (χ0) is 29.8. The summed E-state index contributed by atoms with van der Waals surface area (Å²) in [5.74, 6) is -5.06. The topological polar surface area (TPSA) is 278 Å². The molecule has 220 valence electrons. The third-order valence-corrected chi connectivity index (χ3v) is 5.86. The molecule has 4 amide bonds. The van der Waals surface area contributed by atoms with Crippen molar-refractivity contribution in [1.82, 2.24) is 41.2 Å². The van der Waals surface area contributed by atoms with E-state index in [2.05, 4.69) is 35.9 Å². The number of amides is 4. The van der Waals surface area contributed by atoms with Gasteiger partial charge in [-0.3, -0.25) is 19.2 Å². The predicted molar refractivity (Wildman–Crippen MR) is 137 cm³/mol. The Kier molecular flexibility index (Phi) is 12.2. The van der Waals surface area contributed by atoms with Crippen molar-refractivity contribution in [2.75, 3.05) is 13.2 Å². The number of nitrogens with one attached hydrogen (secondary N) is 6. The number of carboxylic acid groups (broad SMARTS) is 1. The van der Waals surface area contributed by atoms with Gasteiger partial charge in [-0.25, -0.2) is 14.8 Å². The van der Waals surface area contributed by atoms with Crippen LogP contribution >= 0.6 is 0 Å². The fourth-order valence-corrected chi connectivity index (χ4v) is 3.42. The van der Waals surface area contributed by atoms with E-state index in [0.717, 1.165) is 0 Å². The number of H-pyrrole nitrogens is 2. The Morgan fingerprint density at radius 3 is 1.52 bits per heavy atom. The smallest absolute Gasteiger partial charge is 0.328 e. The summed E-state index contributed by atoms with van der Waals surface area (Å²) in [4.78, 5) is 76.2. The highest BCUT2D eigenvalue weighted by Crippen LogP contribution is 2.06. The second-order valence-corrected chi connectivity index (χ2v) is 9.28. The van der Waals surface area contributed by atoms with Gasteiger partial charge in [0, 0.05) is 36.6 Å². The van der Waals surface area contributed by atoms with Gasteiger partial charge < -0.3 is 52.3 Å². The first-order valence-corrected chi connectivity index (χ1v) is 12.3. The van der Waals surface area contributed by atoms with E-state index in [1.54, 1.807) is 13.8 Å². The van der Waals surface area contributed by atoms with Gasteiger partial charge in [0.1, 0.15) is 24.2 Å². The van der Waals surface area contributed by atoms with Crippen molar-refractivity contribution in [3.63, 3.8) is 0 Å². The van der Waals surface area contributed by atoms with Gasteiger partial charge in [-0.1, -0.05) is 13.8 Å². The standard InChI is InChI=1S/C23H35N9O8/c1-11(2)18(24)22(38)30-15(4-13-6-26-10-28-13)19(35)29-14(3-12-5-25-9-27-12)20(36)31-16(7-33)21(37)32-17(8-34)23(39)40/h5-6,9-11,14-18,33-34H,3-4,7-8,24H2,1-2H3,(H,25,27)(H,26,28)(H,29,35)(H,30,38)(H,31,36)(H,32,37)(H,39,40)/t14-,15-,16-,17-,18-/m0/s1. The van der Waals surface area contributed by atoms with Crippen molar-refractivity contribution in [3.8, 4) is 0 Å². The van der Waals surface area contributed by atoms with Gasteiger partial charge in [0.25, 0.3) is 0 Å². The minimum atomic E-state index is -1.66. The molecule has 0 aliphatic carbocycles. The zero-order valence-corrected chi connectivity index (χ0v) is 22.0. The van der Waals surface area contributed by atoms with Crippen LogP contribution in [0, 0.1) is 5.92 Å². The molecule has 0 unspecified atom stereocenters. The fraction of sp³-hybridized carbons (Fsp3) is 0.522. The molecule has 17 nitrogen and oxygen atoms in total. The maximum Gasteiger partial charge on any atom is 0.328 e. The van der Waals surface area contributed by atoms with E-state index in [9.17, 15) is 29.1 Å². The molecule has 0 aliphatic heterocycles. The molecule has 11 N–H and O–H groups in total. The molecule has 2 aromatic rings. The average Bonchev–Trinajstić information content (AvgIpc) is 3.63. The van der Waals surface area contributed by atoms with E-state index < -0.39 is 73.0 Å². The normalized spacial score (nSPS) is 14.8. The maximum atomic E-state index is 13.4. The van der Waals surface area contributed by atoms with Crippen molar-refractivity contribution in [1.29, 1.82) is 0 Å². The lowest BCUT2D eigenvalue weighted by Crippen LogP contribution is -2.60. The van der Waals surface area contributed by atoms with Crippen LogP contribution in [0.25, 0.3) is 0 Å². The first-order valence-electron chi connectivity index (χ1n) is 12.3. The summed E-state index contributed by atoms with van der Waals surface area (Å²) in [6.07, 6.45) is 5.48. The number of nitrogens with two attached hydrogens (primary N) is 1. The van der Waals surface area contributed by atoms with Gasteiger partial charge in [-0.2, -0.15) is 0 Å². The highest BCUT2D eigenvalue weighted by molar-refractivity contribution is 5.95. The third-order valence-electron chi connectivity index (χ3n) is 5.86. The Balaban J connectivity index is 2.24. The quantitative estimate of drug-likeness (QED) is 0.0933. The number of aliphatic hydroxyl groups is 2. The second kappa shape index (κ2) is 15.3. The van der Waals surface area contributed by atoms with Crippen molar-refractivity contribution >= 4 is 29.6 Å². The summed E-state index contributed by atoms with van der Waals surface area (Å²) in [7, 11) is 0. The Morgan fingerprint density at radius 2 is 1.15 bits per heavy atom. The van der Waals surface area contributed by atoms with Crippen LogP contribution in [0.2, 0.25) is 0 Å². The second-order valence-electron chi connectivity index (χ2n) is 9.28. The molecule has 2 rings (SSSR count). The number of aromatic amines is 2. The molecular weight excluding hydrogens is 530 g/mol. The van der Waals surface area contributed by atoms with Crippen LogP contribution in [-0.2, 0) is 36.8 Å². The highest BCUT2D eigenvalue weighted by Gasteiger charge is 2.32. The molecule has 2 aromatic heterocycles. The van der Waals surface area contributed by atoms with Gasteiger partial charge in [0.15, 0.2) is 0 Å². The van der Waals surface area contributed by atoms with E-state index in [-0.39, 0.29) is 18.8 Å². The number of carbonyl (C=O) groups excluding carboxylic acids is 4. The van der Waals surface area contributed by atoms with E-state index in [4.69, 9.17) is 15.9 Å². The van der Waals surface area contributed by atoms with Crippen LogP contribution in [0.1, 0.15) is 25.2 Å². The van der Waals surface area contributed by atoms with Crippen LogP contribution in [-0.4, -0.2) is 108 Å². The number of aromatic nitrogens is 4. The summed E-state index contributed by atoms with van der Waals surface area (Å²) in [5.41, 5.74) is 6.88. The Morgan fingerprint density at radius 1 is 0.750 bits per heavy atom. The van der Waals surface area contributed by atoms with Crippen LogP contribution in [0.3, 0.4) is 0 Å². The molecule has 0 aliphatic rings. The predicted octanol–water partition coefficient (Wildman–Crippen LogP) is -4.09. The maximum absolute atomic E-state index is 13.4. The number of nitrogens with zero attached hydrogens (tertiary/aromatic N) is 2. The van der Waals surface area contributed by atoms with E-state index >= 15 is 0 Å². The number of imidazole rings is 2. The largest absolute Gasteiger partial charge is 0.480 e. The van der Waals surface area contributed by atoms with Crippen LogP contribution < -0.4 is 27.0 Å². The zero-order valence-electron chi connectivity index (χ0n) is 22.0. The van der Waals surface area contributed by atoms with Gasteiger partial charge >= 0.3 is 5.97 Å². The lowest BCUT2D eigenvalue weighted by atomic mass is 10.0. The van der Waals surface area contributed by atoms with Crippen molar-refractivity contribution < 1.29 is 39.3 Å². The molecule has 0 spiro atoms. The third kappa shape index (κ3) is 9.44. The number of rotatable bonds is 16. The SMILES string of the molecule is CC(C)[C@H](N)C(=O)N[C@@H](Cc1cnc[nH]1)C(=O)N[C@@H](Cc1cnc[nH]1)C(=O)N[C@@H](CO)C(=O)N[C@@H](CO)C(=O)O. The molecule has 0 bridgehead atoms. The van der Waals surface area contributed by atoms with Crippen molar-refractivity contribution in [3.05, 3.63) is 36.4 Å². The molecule has 17 heteroatoms. The molecule has 40 heavy (non-hydrogen) atoms. The molecule has 0 radical (unpaired) electrons. The van der Waals surface area contributed by atoms with Gasteiger partial charge in [-0.15, -0.1) is 0 Å². The van der Waals surface area contributed by atoms with Gasteiger partial charge in [-0.05, 0) is 5.92 Å². The molecule has 0 saturated carbocycles. The summed E-state index contributed by atoms with van der Waals surface area (Å²) in [5, 5.41) is 37.2. The first kappa shape index (κ1) is 31.9. The Hall–Kier alpha value is -4.35. The highest BCUT2D eigenvalue weighted by atomic mass is 16.4. The molecule has 5 atom stereocenters. The van der Waals surface area contributed by atoms with Gasteiger partial charge in [0.2, 0.25) is 23.6 Å². The summed E-state index contributed by atoms with van der Waals surface area (Å²) >= 11 is 0. The first-order chi connectivity index (χ1) is 19.0. The number of hydrogen-bond acceptors (Lipinski definition) is 10. The molecule has 0 saturated heterocycles.